The molecule has 15 heavy (non-hydrogen) atoms. The first kappa shape index (κ1) is 11.5. The van der Waals surface area contributed by atoms with Crippen molar-refractivity contribution in [1.82, 2.24) is 0 Å². The maximum atomic E-state index is 10.9. The molecule has 1 atom stereocenters. The summed E-state index contributed by atoms with van der Waals surface area (Å²) in [5, 5.41) is 9.27. The molecular formula is C12H14O3. The molecule has 0 aromatic heterocycles. The molecule has 1 rings (SSSR count). The summed E-state index contributed by atoms with van der Waals surface area (Å²) in [6.07, 6.45) is 1.88. The van der Waals surface area contributed by atoms with E-state index < -0.39 is 12.1 Å². The van der Waals surface area contributed by atoms with Crippen molar-refractivity contribution >= 4 is 12.0 Å². The number of aliphatic hydroxyl groups is 1. The third kappa shape index (κ3) is 3.56. The van der Waals surface area contributed by atoms with Gasteiger partial charge in [-0.05, 0) is 18.6 Å². The third-order valence-electron chi connectivity index (χ3n) is 1.99. The second-order valence-corrected chi connectivity index (χ2v) is 3.24. The van der Waals surface area contributed by atoms with E-state index in [4.69, 9.17) is 0 Å². The molecule has 3 nitrogen and oxygen atoms in total. The molecule has 0 fully saturated rings. The predicted molar refractivity (Wildman–Crippen MR) is 58.2 cm³/mol. The van der Waals surface area contributed by atoms with E-state index in [9.17, 15) is 9.90 Å². The average Bonchev–Trinajstić information content (AvgIpc) is 2.26. The maximum absolute atomic E-state index is 10.9. The molecule has 0 amide bonds. The molecule has 0 spiro atoms. The van der Waals surface area contributed by atoms with Gasteiger partial charge in [-0.3, -0.25) is 0 Å². The van der Waals surface area contributed by atoms with Crippen molar-refractivity contribution < 1.29 is 14.6 Å². The number of aliphatic hydroxyl groups excluding tert-OH is 1. The van der Waals surface area contributed by atoms with Crippen molar-refractivity contribution in [3.05, 3.63) is 41.5 Å². The van der Waals surface area contributed by atoms with Crippen LogP contribution in [0.25, 0.3) is 6.08 Å². The lowest BCUT2D eigenvalue weighted by Gasteiger charge is -2.01. The topological polar surface area (TPSA) is 46.5 Å². The van der Waals surface area contributed by atoms with E-state index in [1.165, 1.54) is 18.7 Å². The van der Waals surface area contributed by atoms with E-state index in [2.05, 4.69) is 4.74 Å². The number of hydrogen-bond donors (Lipinski definition) is 1. The van der Waals surface area contributed by atoms with E-state index >= 15 is 0 Å². The minimum absolute atomic E-state index is 0.654. The Balaban J connectivity index is 2.65. The van der Waals surface area contributed by atoms with Crippen molar-refractivity contribution in [3.8, 4) is 0 Å². The molecule has 0 aliphatic rings. The number of benzene rings is 1. The first-order valence-electron chi connectivity index (χ1n) is 4.64. The summed E-state index contributed by atoms with van der Waals surface area (Å²) in [5.74, 6) is -0.654. The van der Waals surface area contributed by atoms with Crippen LogP contribution < -0.4 is 0 Å². The Morgan fingerprint density at radius 2 is 2.00 bits per heavy atom. The molecule has 3 heteroatoms. The van der Waals surface area contributed by atoms with Crippen molar-refractivity contribution in [2.24, 2.45) is 0 Å². The van der Waals surface area contributed by atoms with Gasteiger partial charge in [-0.25, -0.2) is 4.79 Å². The molecule has 0 aliphatic heterocycles. The number of methoxy groups -OCH3 is 1. The minimum atomic E-state index is -1.20. The summed E-state index contributed by atoms with van der Waals surface area (Å²) < 4.78 is 4.38. The molecule has 80 valence electrons. The van der Waals surface area contributed by atoms with Crippen LogP contribution in [-0.2, 0) is 9.53 Å². The highest BCUT2D eigenvalue weighted by atomic mass is 16.5. The van der Waals surface area contributed by atoms with E-state index in [0.717, 1.165) is 5.56 Å². The van der Waals surface area contributed by atoms with E-state index in [1.54, 1.807) is 6.08 Å². The van der Waals surface area contributed by atoms with Gasteiger partial charge in [0, 0.05) is 0 Å². The second kappa shape index (κ2) is 5.32. The minimum Gasteiger partial charge on any atom is -0.467 e. The molecule has 0 unspecified atom stereocenters. The van der Waals surface area contributed by atoms with Crippen molar-refractivity contribution in [2.45, 2.75) is 13.0 Å². The fourth-order valence-corrected chi connectivity index (χ4v) is 1.08. The zero-order chi connectivity index (χ0) is 11.3. The normalized spacial score (nSPS) is 12.7. The van der Waals surface area contributed by atoms with Crippen molar-refractivity contribution in [2.75, 3.05) is 7.11 Å². The quantitative estimate of drug-likeness (QED) is 0.763. The lowest BCUT2D eigenvalue weighted by Crippen LogP contribution is -2.18. The number of esters is 1. The summed E-state index contributed by atoms with van der Waals surface area (Å²) >= 11 is 0. The van der Waals surface area contributed by atoms with Crippen LogP contribution in [0.1, 0.15) is 11.1 Å². The van der Waals surface area contributed by atoms with Crippen LogP contribution in [0, 0.1) is 6.92 Å². The number of ether oxygens (including phenoxy) is 1. The van der Waals surface area contributed by atoms with Gasteiger partial charge in [0.15, 0.2) is 6.10 Å². The highest BCUT2D eigenvalue weighted by Crippen LogP contribution is 2.05. The van der Waals surface area contributed by atoms with E-state index in [1.807, 2.05) is 31.2 Å². The summed E-state index contributed by atoms with van der Waals surface area (Å²) in [6.45, 7) is 2.00. The molecule has 0 saturated carbocycles. The summed E-state index contributed by atoms with van der Waals surface area (Å²) in [5.41, 5.74) is 2.10. The Hall–Kier alpha value is -1.61. The molecule has 0 radical (unpaired) electrons. The van der Waals surface area contributed by atoms with Crippen molar-refractivity contribution in [1.29, 1.82) is 0 Å². The summed E-state index contributed by atoms with van der Waals surface area (Å²) in [7, 11) is 1.24. The highest BCUT2D eigenvalue weighted by Gasteiger charge is 2.09. The van der Waals surface area contributed by atoms with E-state index in [-0.39, 0.29) is 0 Å². The van der Waals surface area contributed by atoms with Crippen LogP contribution >= 0.6 is 0 Å². The fourth-order valence-electron chi connectivity index (χ4n) is 1.08. The monoisotopic (exact) mass is 206 g/mol. The van der Waals surface area contributed by atoms with Gasteiger partial charge in [0.25, 0.3) is 0 Å². The van der Waals surface area contributed by atoms with Gasteiger partial charge in [0.05, 0.1) is 7.11 Å². The standard InChI is InChI=1S/C12H14O3/c1-9-3-5-10(6-4-9)7-8-11(13)12(14)15-2/h3-8,11,13H,1-2H3/b8-7+/t11-/m0/s1. The Bertz CT molecular complexity index is 352. The van der Waals surface area contributed by atoms with E-state index in [0.29, 0.717) is 0 Å². The van der Waals surface area contributed by atoms with Crippen LogP contribution in [0.3, 0.4) is 0 Å². The average molecular weight is 206 g/mol. The molecular weight excluding hydrogens is 192 g/mol. The molecule has 0 bridgehead atoms. The molecule has 1 N–H and O–H groups in total. The largest absolute Gasteiger partial charge is 0.467 e. The van der Waals surface area contributed by atoms with Gasteiger partial charge in [-0.2, -0.15) is 0 Å². The lowest BCUT2D eigenvalue weighted by atomic mass is 10.1. The molecule has 0 aliphatic carbocycles. The number of carbonyl (C=O) groups is 1. The Morgan fingerprint density at radius 3 is 2.53 bits per heavy atom. The Labute approximate surface area is 89.0 Å². The maximum Gasteiger partial charge on any atom is 0.338 e. The van der Waals surface area contributed by atoms with Gasteiger partial charge < -0.3 is 9.84 Å². The number of aryl methyl sites for hydroxylation is 1. The molecule has 0 heterocycles. The lowest BCUT2D eigenvalue weighted by molar-refractivity contribution is -0.147. The molecule has 0 saturated heterocycles. The van der Waals surface area contributed by atoms with Crippen LogP contribution in [0.2, 0.25) is 0 Å². The number of carbonyl (C=O) groups excluding carboxylic acids is 1. The van der Waals surface area contributed by atoms with Crippen LogP contribution in [0.5, 0.6) is 0 Å². The van der Waals surface area contributed by atoms with Gasteiger partial charge in [0.2, 0.25) is 0 Å². The number of hydrogen-bond acceptors (Lipinski definition) is 3. The summed E-state index contributed by atoms with van der Waals surface area (Å²) in [6, 6.07) is 7.75. The third-order valence-corrected chi connectivity index (χ3v) is 1.99. The smallest absolute Gasteiger partial charge is 0.338 e. The SMILES string of the molecule is COC(=O)[C@@H](O)/C=C/c1ccc(C)cc1. The zero-order valence-electron chi connectivity index (χ0n) is 8.81. The van der Waals surface area contributed by atoms with Gasteiger partial charge in [0.1, 0.15) is 0 Å². The van der Waals surface area contributed by atoms with Crippen LogP contribution in [0.4, 0.5) is 0 Å². The van der Waals surface area contributed by atoms with Gasteiger partial charge >= 0.3 is 5.97 Å². The van der Waals surface area contributed by atoms with Crippen LogP contribution in [0.15, 0.2) is 30.3 Å². The number of rotatable bonds is 3. The van der Waals surface area contributed by atoms with Gasteiger partial charge in [-0.15, -0.1) is 0 Å². The zero-order valence-corrected chi connectivity index (χ0v) is 8.81. The van der Waals surface area contributed by atoms with Gasteiger partial charge in [-0.1, -0.05) is 35.9 Å². The Kier molecular flexibility index (Phi) is 4.06. The van der Waals surface area contributed by atoms with Crippen LogP contribution in [-0.4, -0.2) is 24.3 Å². The molecule has 1 aromatic rings. The summed E-state index contributed by atoms with van der Waals surface area (Å²) in [4.78, 5) is 10.9. The predicted octanol–water partition coefficient (Wildman–Crippen LogP) is 1.54. The second-order valence-electron chi connectivity index (χ2n) is 3.24. The first-order valence-corrected chi connectivity index (χ1v) is 4.64. The molecule has 1 aromatic carbocycles. The fraction of sp³-hybridized carbons (Fsp3) is 0.250. The Morgan fingerprint density at radius 1 is 1.40 bits per heavy atom. The highest BCUT2D eigenvalue weighted by molar-refractivity contribution is 5.77. The van der Waals surface area contributed by atoms with Crippen molar-refractivity contribution in [3.63, 3.8) is 0 Å². The first-order chi connectivity index (χ1) is 7.13.